The van der Waals surface area contributed by atoms with Crippen LogP contribution in [0.3, 0.4) is 0 Å². The number of piperidine rings is 1. The van der Waals surface area contributed by atoms with Gasteiger partial charge in [-0.2, -0.15) is 4.98 Å². The summed E-state index contributed by atoms with van der Waals surface area (Å²) in [5, 5.41) is 12.0. The van der Waals surface area contributed by atoms with Crippen molar-refractivity contribution in [2.75, 3.05) is 51.2 Å². The number of urea groups is 1. The number of carbonyl (C=O) groups excluding carboxylic acids is 2. The highest BCUT2D eigenvalue weighted by Gasteiger charge is 2.57. The molecule has 0 spiro atoms. The first-order valence-corrected chi connectivity index (χ1v) is 13.5. The Kier molecular flexibility index (Phi) is 7.47. The van der Waals surface area contributed by atoms with Crippen molar-refractivity contribution in [1.29, 1.82) is 0 Å². The van der Waals surface area contributed by atoms with Crippen molar-refractivity contribution in [3.63, 3.8) is 0 Å². The number of aromatic nitrogens is 2. The molecule has 3 aliphatic rings. The molecule has 5 rings (SSSR count). The lowest BCUT2D eigenvalue weighted by Crippen LogP contribution is -2.58. The van der Waals surface area contributed by atoms with Crippen LogP contribution in [0, 0.1) is 17.8 Å². The summed E-state index contributed by atoms with van der Waals surface area (Å²) in [6.45, 7) is 7.75. The van der Waals surface area contributed by atoms with Crippen LogP contribution in [0.15, 0.2) is 41.3 Å². The minimum atomic E-state index is -0.951. The van der Waals surface area contributed by atoms with Gasteiger partial charge in [-0.15, -0.1) is 0 Å². The van der Waals surface area contributed by atoms with Gasteiger partial charge < -0.3 is 26.4 Å². The average Bonchev–Trinajstić information content (AvgIpc) is 3.42. The lowest BCUT2D eigenvalue weighted by atomic mass is 10.1. The van der Waals surface area contributed by atoms with Crippen LogP contribution in [0.25, 0.3) is 5.69 Å². The van der Waals surface area contributed by atoms with Gasteiger partial charge in [-0.25, -0.2) is 9.59 Å². The molecule has 2 aromatic rings. The van der Waals surface area contributed by atoms with Crippen LogP contribution in [0.1, 0.15) is 19.4 Å². The molecular formula is C27H38N8O4. The number of carbonyl (C=O) groups is 2. The van der Waals surface area contributed by atoms with E-state index in [4.69, 9.17) is 11.5 Å². The van der Waals surface area contributed by atoms with Gasteiger partial charge in [-0.3, -0.25) is 19.6 Å². The SMILES string of the molecule is CC(C)(N)C(=O)N1CCN(C(=O)Nc2ccn(-c3ccc(CN4CC5[C@@H](C(N)CO)[C@@H]5C4)cc3)c(=O)n2)CC1. The minimum absolute atomic E-state index is 0.0511. The molecule has 6 N–H and O–H groups in total. The first-order valence-electron chi connectivity index (χ1n) is 13.5. The minimum Gasteiger partial charge on any atom is -0.395 e. The van der Waals surface area contributed by atoms with Crippen molar-refractivity contribution in [3.8, 4) is 5.69 Å². The zero-order chi connectivity index (χ0) is 27.9. The molecule has 3 amide bonds. The van der Waals surface area contributed by atoms with Gasteiger partial charge in [-0.1, -0.05) is 12.1 Å². The highest BCUT2D eigenvalue weighted by Crippen LogP contribution is 2.53. The number of hydrogen-bond donors (Lipinski definition) is 4. The number of rotatable bonds is 7. The molecule has 1 saturated carbocycles. The van der Waals surface area contributed by atoms with E-state index in [2.05, 4.69) is 15.2 Å². The molecule has 210 valence electrons. The van der Waals surface area contributed by atoms with Gasteiger partial charge in [0.1, 0.15) is 5.82 Å². The fourth-order valence-electron chi connectivity index (χ4n) is 5.94. The van der Waals surface area contributed by atoms with Crippen LogP contribution >= 0.6 is 0 Å². The Hall–Kier alpha value is -3.32. The predicted molar refractivity (Wildman–Crippen MR) is 146 cm³/mol. The number of piperazine rings is 1. The molecule has 2 aliphatic heterocycles. The molecule has 4 atom stereocenters. The number of nitrogens with one attached hydrogen (secondary N) is 1. The van der Waals surface area contributed by atoms with Crippen LogP contribution in [0.4, 0.5) is 10.6 Å². The molecule has 1 aliphatic carbocycles. The molecule has 1 aromatic carbocycles. The number of nitrogens with zero attached hydrogens (tertiary/aromatic N) is 5. The molecule has 2 unspecified atom stereocenters. The maximum absolute atomic E-state index is 12.7. The van der Waals surface area contributed by atoms with E-state index in [1.54, 1.807) is 35.9 Å². The van der Waals surface area contributed by atoms with Gasteiger partial charge >= 0.3 is 11.7 Å². The first kappa shape index (κ1) is 27.3. The van der Waals surface area contributed by atoms with E-state index in [1.165, 1.54) is 4.57 Å². The summed E-state index contributed by atoms with van der Waals surface area (Å²) in [5.41, 5.74) is 12.3. The van der Waals surface area contributed by atoms with E-state index in [9.17, 15) is 19.5 Å². The van der Waals surface area contributed by atoms with Crippen molar-refractivity contribution in [2.45, 2.75) is 32.0 Å². The maximum atomic E-state index is 12.7. The predicted octanol–water partition coefficient (Wildman–Crippen LogP) is -0.357. The van der Waals surface area contributed by atoms with Crippen LogP contribution in [-0.4, -0.2) is 98.8 Å². The Labute approximate surface area is 227 Å². The average molecular weight is 539 g/mol. The Morgan fingerprint density at radius 2 is 1.69 bits per heavy atom. The van der Waals surface area contributed by atoms with Crippen molar-refractivity contribution in [2.24, 2.45) is 29.2 Å². The van der Waals surface area contributed by atoms with E-state index in [1.807, 2.05) is 24.3 Å². The van der Waals surface area contributed by atoms with E-state index >= 15 is 0 Å². The molecule has 0 bridgehead atoms. The van der Waals surface area contributed by atoms with Crippen molar-refractivity contribution in [3.05, 3.63) is 52.6 Å². The third-order valence-corrected chi connectivity index (χ3v) is 8.11. The molecular weight excluding hydrogens is 500 g/mol. The molecule has 39 heavy (non-hydrogen) atoms. The fraction of sp³-hybridized carbons (Fsp3) is 0.556. The number of fused-ring (bicyclic) bond motifs is 1. The highest BCUT2D eigenvalue weighted by molar-refractivity contribution is 5.89. The number of amides is 3. The second kappa shape index (κ2) is 10.7. The molecule has 12 nitrogen and oxygen atoms in total. The van der Waals surface area contributed by atoms with Gasteiger partial charge in [-0.05, 0) is 55.4 Å². The summed E-state index contributed by atoms with van der Waals surface area (Å²) >= 11 is 0. The van der Waals surface area contributed by atoms with E-state index < -0.39 is 11.2 Å². The van der Waals surface area contributed by atoms with Crippen molar-refractivity contribution >= 4 is 17.8 Å². The monoisotopic (exact) mass is 538 g/mol. The number of hydrogen-bond acceptors (Lipinski definition) is 8. The first-order chi connectivity index (χ1) is 18.5. The standard InChI is InChI=1S/C27H38N8O4/c1-27(2,29)24(37)33-9-11-34(12-10-33)25(38)30-22-7-8-35(26(39)31-22)18-5-3-17(4-6-18)13-32-14-19-20(15-32)23(19)21(28)16-36/h3-8,19-21,23,36H,9-16,28-29H2,1-2H3,(H,30,31,38,39)/t19-,20?,21?,23+/m1/s1. The van der Waals surface area contributed by atoms with Crippen LogP contribution in [0.2, 0.25) is 0 Å². The lowest BCUT2D eigenvalue weighted by Gasteiger charge is -2.37. The van der Waals surface area contributed by atoms with Gasteiger partial charge in [0.05, 0.1) is 17.8 Å². The summed E-state index contributed by atoms with van der Waals surface area (Å²) in [6, 6.07) is 8.91. The number of aliphatic hydroxyl groups excluding tert-OH is 1. The number of likely N-dealkylation sites (tertiary alicyclic amines) is 1. The molecule has 3 fully saturated rings. The molecule has 1 aromatic heterocycles. The molecule has 0 radical (unpaired) electrons. The van der Waals surface area contributed by atoms with E-state index in [0.29, 0.717) is 49.6 Å². The van der Waals surface area contributed by atoms with Crippen LogP contribution < -0.4 is 22.5 Å². The van der Waals surface area contributed by atoms with Crippen molar-refractivity contribution < 1.29 is 14.7 Å². The third-order valence-electron chi connectivity index (χ3n) is 8.11. The van der Waals surface area contributed by atoms with E-state index in [-0.39, 0.29) is 30.4 Å². The maximum Gasteiger partial charge on any atom is 0.354 e. The summed E-state index contributed by atoms with van der Waals surface area (Å²) in [6.07, 6.45) is 1.60. The third kappa shape index (κ3) is 5.83. The Balaban J connectivity index is 1.13. The van der Waals surface area contributed by atoms with Gasteiger partial charge in [0.15, 0.2) is 0 Å². The van der Waals surface area contributed by atoms with Gasteiger partial charge in [0.2, 0.25) is 5.91 Å². The van der Waals surface area contributed by atoms with E-state index in [0.717, 1.165) is 25.2 Å². The van der Waals surface area contributed by atoms with Gasteiger partial charge in [0.25, 0.3) is 0 Å². The Bertz CT molecular complexity index is 1250. The number of anilines is 1. The number of benzene rings is 1. The highest BCUT2D eigenvalue weighted by atomic mass is 16.3. The summed E-state index contributed by atoms with van der Waals surface area (Å²) in [4.78, 5) is 47.5. The Morgan fingerprint density at radius 3 is 2.26 bits per heavy atom. The van der Waals surface area contributed by atoms with Crippen LogP contribution in [-0.2, 0) is 11.3 Å². The smallest absolute Gasteiger partial charge is 0.354 e. The summed E-state index contributed by atoms with van der Waals surface area (Å²) < 4.78 is 1.43. The quantitative estimate of drug-likeness (QED) is 0.371. The number of nitrogens with two attached hydrogens (primary N) is 2. The normalized spacial score (nSPS) is 23.9. The topological polar surface area (TPSA) is 163 Å². The zero-order valence-corrected chi connectivity index (χ0v) is 22.5. The molecule has 3 heterocycles. The Morgan fingerprint density at radius 1 is 1.08 bits per heavy atom. The molecule has 12 heteroatoms. The fourth-order valence-corrected chi connectivity index (χ4v) is 5.94. The number of aliphatic hydroxyl groups is 1. The summed E-state index contributed by atoms with van der Waals surface area (Å²) in [5.74, 6) is 1.66. The molecule has 2 saturated heterocycles. The van der Waals surface area contributed by atoms with Crippen molar-refractivity contribution in [1.82, 2.24) is 24.3 Å². The zero-order valence-electron chi connectivity index (χ0n) is 22.5. The van der Waals surface area contributed by atoms with Crippen LogP contribution in [0.5, 0.6) is 0 Å². The lowest BCUT2D eigenvalue weighted by molar-refractivity contribution is -0.137. The van der Waals surface area contributed by atoms with Gasteiger partial charge in [0, 0.05) is 58.1 Å². The second-order valence-electron chi connectivity index (χ2n) is 11.5. The largest absolute Gasteiger partial charge is 0.395 e. The second-order valence-corrected chi connectivity index (χ2v) is 11.5. The summed E-state index contributed by atoms with van der Waals surface area (Å²) in [7, 11) is 0.